The highest BCUT2D eigenvalue weighted by atomic mass is 16.3. The Kier molecular flexibility index (Phi) is 4.49. The Morgan fingerprint density at radius 2 is 2.27 bits per heavy atom. The van der Waals surface area contributed by atoms with E-state index in [4.69, 9.17) is 0 Å². The summed E-state index contributed by atoms with van der Waals surface area (Å²) in [5.41, 5.74) is 0. The molecule has 1 fully saturated rings. The lowest BCUT2D eigenvalue weighted by molar-refractivity contribution is -0.141. The van der Waals surface area contributed by atoms with E-state index in [-0.39, 0.29) is 24.0 Å². The number of carbonyl (C=O) groups excluding carboxylic acids is 1. The van der Waals surface area contributed by atoms with Gasteiger partial charge in [0.15, 0.2) is 0 Å². The molecule has 0 aromatic carbocycles. The molecule has 1 amide bonds. The maximum Gasteiger partial charge on any atom is 0.226 e. The Balaban J connectivity index is 1.59. The molecule has 0 radical (unpaired) electrons. The van der Waals surface area contributed by atoms with E-state index in [9.17, 15) is 9.90 Å². The van der Waals surface area contributed by atoms with Gasteiger partial charge in [0, 0.05) is 63.5 Å². The van der Waals surface area contributed by atoms with E-state index in [0.717, 1.165) is 44.8 Å². The van der Waals surface area contributed by atoms with E-state index in [2.05, 4.69) is 21.4 Å². The molecule has 2 aliphatic rings. The Labute approximate surface area is 131 Å². The molecular formula is C16H26N4O2. The Bertz CT molecular complexity index is 528. The predicted octanol–water partition coefficient (Wildman–Crippen LogP) is 0.359. The second-order valence-electron chi connectivity index (χ2n) is 6.72. The van der Waals surface area contributed by atoms with Gasteiger partial charge in [0.25, 0.3) is 0 Å². The maximum atomic E-state index is 12.8. The average molecular weight is 306 g/mol. The number of carbonyl (C=O) groups is 1. The van der Waals surface area contributed by atoms with Crippen LogP contribution >= 0.6 is 0 Å². The van der Waals surface area contributed by atoms with Crippen LogP contribution in [0.1, 0.15) is 26.1 Å². The minimum absolute atomic E-state index is 0.0701. The van der Waals surface area contributed by atoms with Crippen LogP contribution < -0.4 is 0 Å². The van der Waals surface area contributed by atoms with Crippen molar-refractivity contribution in [2.45, 2.75) is 45.4 Å². The zero-order valence-electron chi connectivity index (χ0n) is 13.5. The molecule has 0 spiro atoms. The normalized spacial score (nSPS) is 27.5. The van der Waals surface area contributed by atoms with Crippen LogP contribution in [0.25, 0.3) is 0 Å². The van der Waals surface area contributed by atoms with Crippen LogP contribution in [-0.4, -0.2) is 68.7 Å². The van der Waals surface area contributed by atoms with Gasteiger partial charge in [-0.3, -0.25) is 9.69 Å². The van der Waals surface area contributed by atoms with Crippen molar-refractivity contribution in [2.24, 2.45) is 5.92 Å². The third-order valence-corrected chi connectivity index (χ3v) is 4.82. The monoisotopic (exact) mass is 306 g/mol. The zero-order valence-corrected chi connectivity index (χ0v) is 13.5. The summed E-state index contributed by atoms with van der Waals surface area (Å²) in [4.78, 5) is 21.5. The first kappa shape index (κ1) is 15.5. The fourth-order valence-electron chi connectivity index (χ4n) is 3.70. The summed E-state index contributed by atoms with van der Waals surface area (Å²) in [7, 11) is 0. The average Bonchev–Trinajstić information content (AvgIpc) is 2.93. The molecule has 3 heterocycles. The summed E-state index contributed by atoms with van der Waals surface area (Å²) in [5.74, 6) is 1.38. The topological polar surface area (TPSA) is 61.6 Å². The molecule has 3 unspecified atom stereocenters. The lowest BCUT2D eigenvalue weighted by Gasteiger charge is -2.42. The van der Waals surface area contributed by atoms with E-state index in [1.54, 1.807) is 0 Å². The smallest absolute Gasteiger partial charge is 0.226 e. The number of β-amino-alcohol motifs (C(OH)–C–C–N with tert-alkyl or cyclic N) is 1. The first-order valence-corrected chi connectivity index (χ1v) is 8.25. The predicted molar refractivity (Wildman–Crippen MR) is 83.3 cm³/mol. The third kappa shape index (κ3) is 3.17. The molecule has 22 heavy (non-hydrogen) atoms. The molecule has 0 bridgehead atoms. The van der Waals surface area contributed by atoms with Crippen molar-refractivity contribution >= 4 is 5.91 Å². The minimum Gasteiger partial charge on any atom is -0.392 e. The summed E-state index contributed by atoms with van der Waals surface area (Å²) in [6, 6.07) is 0.210. The molecule has 6 nitrogen and oxygen atoms in total. The number of nitrogens with zero attached hydrogens (tertiary/aromatic N) is 4. The lowest BCUT2D eigenvalue weighted by Crippen LogP contribution is -2.56. The highest BCUT2D eigenvalue weighted by Crippen LogP contribution is 2.23. The molecule has 1 aromatic heterocycles. The van der Waals surface area contributed by atoms with E-state index in [0.29, 0.717) is 6.54 Å². The van der Waals surface area contributed by atoms with Crippen LogP contribution in [0.3, 0.4) is 0 Å². The highest BCUT2D eigenvalue weighted by molar-refractivity contribution is 5.79. The first-order chi connectivity index (χ1) is 10.5. The van der Waals surface area contributed by atoms with Crippen molar-refractivity contribution in [3.05, 3.63) is 18.2 Å². The Morgan fingerprint density at radius 1 is 1.45 bits per heavy atom. The fourth-order valence-corrected chi connectivity index (χ4v) is 3.70. The summed E-state index contributed by atoms with van der Waals surface area (Å²) in [5, 5.41) is 9.51. The standard InChI is InChI=1S/C16H26N4O2/c1-12-10-18(11-13(2)21)7-8-20(12)16(22)14-3-5-19-6-4-17-15(19)9-14/h4,6,12-14,21H,3,5,7-11H2,1-2H3. The number of piperazine rings is 1. The molecule has 0 aliphatic carbocycles. The Morgan fingerprint density at radius 3 is 3.00 bits per heavy atom. The molecule has 1 aromatic rings. The number of rotatable bonds is 3. The molecule has 1 N–H and O–H groups in total. The van der Waals surface area contributed by atoms with Gasteiger partial charge in [-0.15, -0.1) is 0 Å². The number of fused-ring (bicyclic) bond motifs is 1. The number of aryl methyl sites for hydroxylation is 1. The summed E-state index contributed by atoms with van der Waals surface area (Å²) >= 11 is 0. The molecule has 122 valence electrons. The van der Waals surface area contributed by atoms with Crippen molar-refractivity contribution in [1.82, 2.24) is 19.4 Å². The summed E-state index contributed by atoms with van der Waals surface area (Å²) < 4.78 is 2.15. The van der Waals surface area contributed by atoms with E-state index in [1.807, 2.05) is 24.2 Å². The van der Waals surface area contributed by atoms with Crippen LogP contribution in [0.5, 0.6) is 0 Å². The van der Waals surface area contributed by atoms with Crippen molar-refractivity contribution in [1.29, 1.82) is 0 Å². The number of hydrogen-bond acceptors (Lipinski definition) is 4. The molecular weight excluding hydrogens is 280 g/mol. The number of imidazole rings is 1. The van der Waals surface area contributed by atoms with Crippen LogP contribution in [0.4, 0.5) is 0 Å². The molecule has 6 heteroatoms. The number of aliphatic hydroxyl groups is 1. The van der Waals surface area contributed by atoms with Gasteiger partial charge in [0.05, 0.1) is 6.10 Å². The van der Waals surface area contributed by atoms with Gasteiger partial charge in [0.2, 0.25) is 5.91 Å². The quantitative estimate of drug-likeness (QED) is 0.876. The van der Waals surface area contributed by atoms with E-state index in [1.165, 1.54) is 0 Å². The van der Waals surface area contributed by atoms with Gasteiger partial charge >= 0.3 is 0 Å². The van der Waals surface area contributed by atoms with Gasteiger partial charge in [-0.05, 0) is 20.3 Å². The second kappa shape index (κ2) is 6.38. The van der Waals surface area contributed by atoms with Crippen LogP contribution in [0, 0.1) is 5.92 Å². The summed E-state index contributed by atoms with van der Waals surface area (Å²) in [6.45, 7) is 7.95. The van der Waals surface area contributed by atoms with E-state index >= 15 is 0 Å². The molecule has 1 saturated heterocycles. The molecule has 3 atom stereocenters. The number of aliphatic hydroxyl groups excluding tert-OH is 1. The van der Waals surface area contributed by atoms with Crippen LogP contribution in [0.15, 0.2) is 12.4 Å². The Hall–Kier alpha value is -1.40. The van der Waals surface area contributed by atoms with Gasteiger partial charge in [-0.25, -0.2) is 4.98 Å². The van der Waals surface area contributed by atoms with Crippen molar-refractivity contribution in [2.75, 3.05) is 26.2 Å². The van der Waals surface area contributed by atoms with Gasteiger partial charge < -0.3 is 14.6 Å². The fraction of sp³-hybridized carbons (Fsp3) is 0.750. The SMILES string of the molecule is CC(O)CN1CCN(C(=O)C2CCn3ccnc3C2)C(C)C1. The molecule has 2 aliphatic heterocycles. The second-order valence-corrected chi connectivity index (χ2v) is 6.72. The van der Waals surface area contributed by atoms with Crippen LogP contribution in [-0.2, 0) is 17.8 Å². The minimum atomic E-state index is -0.313. The molecule has 3 rings (SSSR count). The van der Waals surface area contributed by atoms with Crippen molar-refractivity contribution in [3.63, 3.8) is 0 Å². The van der Waals surface area contributed by atoms with Gasteiger partial charge in [0.1, 0.15) is 5.82 Å². The van der Waals surface area contributed by atoms with Gasteiger partial charge in [-0.1, -0.05) is 0 Å². The number of aromatic nitrogens is 2. The maximum absolute atomic E-state index is 12.8. The zero-order chi connectivity index (χ0) is 15.7. The number of hydrogen-bond donors (Lipinski definition) is 1. The third-order valence-electron chi connectivity index (χ3n) is 4.82. The van der Waals surface area contributed by atoms with Crippen LogP contribution in [0.2, 0.25) is 0 Å². The lowest BCUT2D eigenvalue weighted by atomic mass is 9.95. The number of amides is 1. The molecule has 0 saturated carbocycles. The summed E-state index contributed by atoms with van der Waals surface area (Å²) in [6.07, 6.45) is 5.16. The van der Waals surface area contributed by atoms with Crippen molar-refractivity contribution < 1.29 is 9.90 Å². The largest absolute Gasteiger partial charge is 0.392 e. The first-order valence-electron chi connectivity index (χ1n) is 8.25. The highest BCUT2D eigenvalue weighted by Gasteiger charge is 2.34. The van der Waals surface area contributed by atoms with E-state index < -0.39 is 0 Å². The van der Waals surface area contributed by atoms with Gasteiger partial charge in [-0.2, -0.15) is 0 Å². The van der Waals surface area contributed by atoms with Crippen molar-refractivity contribution in [3.8, 4) is 0 Å².